The smallest absolute Gasteiger partial charge is 0.0991 e. The van der Waals surface area contributed by atoms with Crippen LogP contribution in [0.1, 0.15) is 23.1 Å². The SMILES string of the molecule is N#Cc1ccc(-c2cc3c4cc5c(cc4c(-c4ccc(C#N)cc4)cc3c3ccccc23)-c2cccc3c(C4=NCCC=C4)ccc-5c23)cc1. The molecule has 1 heterocycles. The van der Waals surface area contributed by atoms with Crippen LogP contribution in [0, 0.1) is 22.7 Å². The molecule has 8 aromatic carbocycles. The van der Waals surface area contributed by atoms with Gasteiger partial charge in [0.2, 0.25) is 0 Å². The predicted molar refractivity (Wildman–Crippen MR) is 206 cm³/mol. The zero-order valence-electron chi connectivity index (χ0n) is 27.0. The molecule has 1 aliphatic carbocycles. The Bertz CT molecular complexity index is 2910. The van der Waals surface area contributed by atoms with Crippen molar-refractivity contribution >= 4 is 48.8 Å². The van der Waals surface area contributed by atoms with Gasteiger partial charge in [-0.3, -0.25) is 4.99 Å². The van der Waals surface area contributed by atoms with E-state index in [2.05, 4.69) is 127 Å². The van der Waals surface area contributed by atoms with Crippen LogP contribution >= 0.6 is 0 Å². The Morgan fingerprint density at radius 2 is 0.980 bits per heavy atom. The maximum Gasteiger partial charge on any atom is 0.0991 e. The minimum Gasteiger partial charge on any atom is -0.284 e. The number of nitrogens with zero attached hydrogens (tertiary/aromatic N) is 3. The zero-order chi connectivity index (χ0) is 33.3. The van der Waals surface area contributed by atoms with Gasteiger partial charge in [0.15, 0.2) is 0 Å². The van der Waals surface area contributed by atoms with Gasteiger partial charge in [-0.05, 0) is 149 Å². The van der Waals surface area contributed by atoms with E-state index in [1.165, 1.54) is 70.9 Å². The van der Waals surface area contributed by atoms with E-state index < -0.39 is 0 Å². The molecule has 0 N–H and O–H groups in total. The van der Waals surface area contributed by atoms with Crippen LogP contribution in [0.15, 0.2) is 145 Å². The summed E-state index contributed by atoms with van der Waals surface area (Å²) in [5.41, 5.74) is 12.9. The first-order valence-corrected chi connectivity index (χ1v) is 17.0. The number of aliphatic imine (C=N–C) groups is 1. The molecule has 0 amide bonds. The molecule has 2 aliphatic rings. The van der Waals surface area contributed by atoms with Crippen molar-refractivity contribution in [3.63, 3.8) is 0 Å². The van der Waals surface area contributed by atoms with Gasteiger partial charge in [0, 0.05) is 12.1 Å². The maximum absolute atomic E-state index is 9.57. The molecule has 0 aromatic heterocycles. The molecule has 0 bridgehead atoms. The lowest BCUT2D eigenvalue weighted by molar-refractivity contribution is 0.994. The average molecular weight is 634 g/mol. The second kappa shape index (κ2) is 10.9. The lowest BCUT2D eigenvalue weighted by Crippen LogP contribution is -2.03. The Balaban J connectivity index is 1.32. The number of hydrogen-bond acceptors (Lipinski definition) is 3. The number of rotatable bonds is 3. The van der Waals surface area contributed by atoms with Gasteiger partial charge < -0.3 is 0 Å². The van der Waals surface area contributed by atoms with Gasteiger partial charge in [-0.15, -0.1) is 0 Å². The van der Waals surface area contributed by atoms with E-state index in [4.69, 9.17) is 4.99 Å². The van der Waals surface area contributed by atoms with Crippen LogP contribution in [0.4, 0.5) is 0 Å². The van der Waals surface area contributed by atoms with Crippen LogP contribution in [-0.2, 0) is 0 Å². The summed E-state index contributed by atoms with van der Waals surface area (Å²) in [5.74, 6) is 0. The van der Waals surface area contributed by atoms with Crippen LogP contribution < -0.4 is 0 Å². The highest BCUT2D eigenvalue weighted by Gasteiger charge is 2.26. The third kappa shape index (κ3) is 4.11. The van der Waals surface area contributed by atoms with Gasteiger partial charge >= 0.3 is 0 Å². The Hall–Kier alpha value is -6.81. The van der Waals surface area contributed by atoms with Crippen LogP contribution in [0.5, 0.6) is 0 Å². The summed E-state index contributed by atoms with van der Waals surface area (Å²) in [7, 11) is 0. The number of nitriles is 2. The van der Waals surface area contributed by atoms with Gasteiger partial charge in [-0.25, -0.2) is 0 Å². The van der Waals surface area contributed by atoms with Crippen molar-refractivity contribution < 1.29 is 0 Å². The number of benzene rings is 8. The van der Waals surface area contributed by atoms with Gasteiger partial charge in [-0.1, -0.05) is 84.9 Å². The highest BCUT2D eigenvalue weighted by atomic mass is 14.7. The largest absolute Gasteiger partial charge is 0.284 e. The van der Waals surface area contributed by atoms with E-state index in [0.717, 1.165) is 40.9 Å². The summed E-state index contributed by atoms with van der Waals surface area (Å²) >= 11 is 0. The van der Waals surface area contributed by atoms with Crippen molar-refractivity contribution in [1.82, 2.24) is 0 Å². The summed E-state index contributed by atoms with van der Waals surface area (Å²) in [6.07, 6.45) is 5.37. The monoisotopic (exact) mass is 633 g/mol. The maximum atomic E-state index is 9.57. The fourth-order valence-electron chi connectivity index (χ4n) is 8.18. The predicted octanol–water partition coefficient (Wildman–Crippen LogP) is 11.8. The van der Waals surface area contributed by atoms with Crippen LogP contribution in [0.3, 0.4) is 0 Å². The molecular formula is C47H27N3. The first-order valence-electron chi connectivity index (χ1n) is 17.0. The standard InChI is InChI=1S/C47H27N3/c48-26-28-11-15-30(16-12-28)38-22-44-40(33-7-2-1-6-32(33)38)23-39(31-17-13-29(27-49)14-18-31)43-24-41-36-9-5-8-35-34(46-10-3-4-21-50-46)19-20-37(47(35)36)42(41)25-45(43)44/h1-3,5-20,22-25H,4,21H2. The quantitative estimate of drug-likeness (QED) is 0.182. The van der Waals surface area contributed by atoms with Gasteiger partial charge in [-0.2, -0.15) is 10.5 Å². The molecular weight excluding hydrogens is 607 g/mol. The molecule has 0 saturated carbocycles. The van der Waals surface area contributed by atoms with E-state index in [9.17, 15) is 10.5 Å². The van der Waals surface area contributed by atoms with E-state index >= 15 is 0 Å². The number of fused-ring (bicyclic) bond motifs is 8. The molecule has 3 nitrogen and oxygen atoms in total. The Morgan fingerprint density at radius 1 is 0.440 bits per heavy atom. The Kier molecular flexibility index (Phi) is 6.13. The summed E-state index contributed by atoms with van der Waals surface area (Å²) in [6, 6.07) is 49.7. The minimum absolute atomic E-state index is 0.646. The fraction of sp³-hybridized carbons (Fsp3) is 0.0426. The molecule has 1 aliphatic heterocycles. The van der Waals surface area contributed by atoms with Crippen molar-refractivity contribution in [1.29, 1.82) is 10.5 Å². The third-order valence-corrected chi connectivity index (χ3v) is 10.5. The molecule has 0 radical (unpaired) electrons. The fourth-order valence-corrected chi connectivity index (χ4v) is 8.18. The van der Waals surface area contributed by atoms with E-state index in [1.54, 1.807) is 0 Å². The summed E-state index contributed by atoms with van der Waals surface area (Å²) < 4.78 is 0. The van der Waals surface area contributed by atoms with Gasteiger partial charge in [0.1, 0.15) is 0 Å². The zero-order valence-corrected chi connectivity index (χ0v) is 27.0. The third-order valence-electron chi connectivity index (χ3n) is 10.5. The van der Waals surface area contributed by atoms with Crippen molar-refractivity contribution in [2.45, 2.75) is 6.42 Å². The molecule has 0 atom stereocenters. The number of dihydropyridines is 1. The summed E-state index contributed by atoms with van der Waals surface area (Å²) in [6.45, 7) is 0.824. The molecule has 3 heteroatoms. The molecule has 8 aromatic rings. The summed E-state index contributed by atoms with van der Waals surface area (Å²) in [4.78, 5) is 4.88. The minimum atomic E-state index is 0.646. The van der Waals surface area contributed by atoms with Crippen LogP contribution in [-0.4, -0.2) is 12.3 Å². The topological polar surface area (TPSA) is 59.9 Å². The van der Waals surface area contributed by atoms with Gasteiger partial charge in [0.25, 0.3) is 0 Å². The van der Waals surface area contributed by atoms with Gasteiger partial charge in [0.05, 0.1) is 29.0 Å². The van der Waals surface area contributed by atoms with Crippen LogP contribution in [0.2, 0.25) is 0 Å². The van der Waals surface area contributed by atoms with Crippen LogP contribution in [0.25, 0.3) is 87.6 Å². The first kappa shape index (κ1) is 28.2. The first-order chi connectivity index (χ1) is 24.7. The van der Waals surface area contributed by atoms with E-state index in [-0.39, 0.29) is 0 Å². The lowest BCUT2D eigenvalue weighted by atomic mass is 9.86. The molecule has 50 heavy (non-hydrogen) atoms. The van der Waals surface area contributed by atoms with Crippen molar-refractivity contribution in [3.8, 4) is 56.6 Å². The molecule has 0 fully saturated rings. The molecule has 230 valence electrons. The molecule has 10 rings (SSSR count). The number of allylic oxidation sites excluding steroid dienone is 1. The summed E-state index contributed by atoms with van der Waals surface area (Å²) in [5, 5.41) is 28.6. The normalized spacial score (nSPS) is 13.0. The average Bonchev–Trinajstić information content (AvgIpc) is 3.50. The second-order valence-corrected chi connectivity index (χ2v) is 13.2. The molecule has 0 saturated heterocycles. The molecule has 0 spiro atoms. The van der Waals surface area contributed by atoms with Crippen molar-refractivity contribution in [2.24, 2.45) is 4.99 Å². The number of hydrogen-bond donors (Lipinski definition) is 0. The highest BCUT2D eigenvalue weighted by Crippen LogP contribution is 2.52. The lowest BCUT2D eigenvalue weighted by Gasteiger charge is -2.17. The van der Waals surface area contributed by atoms with Crippen molar-refractivity contribution in [3.05, 3.63) is 156 Å². The van der Waals surface area contributed by atoms with E-state index in [0.29, 0.717) is 11.1 Å². The Morgan fingerprint density at radius 3 is 1.64 bits per heavy atom. The molecule has 0 unspecified atom stereocenters. The highest BCUT2D eigenvalue weighted by molar-refractivity contribution is 6.28. The van der Waals surface area contributed by atoms with Crippen molar-refractivity contribution in [2.75, 3.05) is 6.54 Å². The second-order valence-electron chi connectivity index (χ2n) is 13.2. The Labute approximate surface area is 289 Å². The van der Waals surface area contributed by atoms with E-state index in [1.807, 2.05) is 24.3 Å².